The zero-order valence-corrected chi connectivity index (χ0v) is 9.69. The molecule has 2 heteroatoms. The lowest BCUT2D eigenvalue weighted by atomic mass is 9.94. The van der Waals surface area contributed by atoms with Crippen molar-refractivity contribution in [1.82, 2.24) is 0 Å². The summed E-state index contributed by atoms with van der Waals surface area (Å²) in [6.45, 7) is 0. The number of hydrogen-bond acceptors (Lipinski definition) is 2. The van der Waals surface area contributed by atoms with Crippen LogP contribution < -0.4 is 0 Å². The number of Topliss-reactive ketones (excluding diaryl/α,β-unsaturated/α-hetero) is 1. The number of rotatable bonds is 4. The summed E-state index contributed by atoms with van der Waals surface area (Å²) < 4.78 is 0. The normalized spacial score (nSPS) is 16.1. The minimum atomic E-state index is 0.363. The smallest absolute Gasteiger partial charge is 0.141 e. The summed E-state index contributed by atoms with van der Waals surface area (Å²) in [5.41, 5.74) is 2.53. The fraction of sp³-hybridized carbons (Fsp3) is 0.462. The van der Waals surface area contributed by atoms with Crippen molar-refractivity contribution in [3.05, 3.63) is 34.0 Å². The van der Waals surface area contributed by atoms with Crippen LogP contribution in [0.15, 0.2) is 28.5 Å². The average Bonchev–Trinajstić information content (AvgIpc) is 2.71. The minimum Gasteiger partial charge on any atom is -0.299 e. The van der Waals surface area contributed by atoms with Crippen LogP contribution in [0.2, 0.25) is 0 Å². The highest BCUT2D eigenvalue weighted by Gasteiger charge is 2.09. The molecular formula is C13H16OS. The summed E-state index contributed by atoms with van der Waals surface area (Å²) in [4.78, 5) is 11.7. The fourth-order valence-corrected chi connectivity index (χ4v) is 2.67. The van der Waals surface area contributed by atoms with Gasteiger partial charge in [-0.25, -0.2) is 0 Å². The number of carbonyl (C=O) groups is 1. The van der Waals surface area contributed by atoms with Gasteiger partial charge >= 0.3 is 0 Å². The molecule has 0 saturated heterocycles. The Morgan fingerprint density at radius 1 is 1.33 bits per heavy atom. The molecule has 0 fully saturated rings. The van der Waals surface area contributed by atoms with Crippen molar-refractivity contribution < 1.29 is 4.79 Å². The van der Waals surface area contributed by atoms with Crippen molar-refractivity contribution in [3.8, 4) is 0 Å². The first-order valence-electron chi connectivity index (χ1n) is 5.55. The van der Waals surface area contributed by atoms with Gasteiger partial charge in [-0.1, -0.05) is 11.6 Å². The van der Waals surface area contributed by atoms with Crippen LogP contribution in [-0.2, 0) is 11.2 Å². The standard InChI is InChI=1S/C13H16OS/c14-13(9-12-6-7-15-10-12)8-11-4-2-1-3-5-11/h4,6-7,10H,1-3,5,8-9H2. The molecule has 0 unspecified atom stereocenters. The summed E-state index contributed by atoms with van der Waals surface area (Å²) in [5, 5.41) is 4.09. The predicted octanol–water partition coefficient (Wildman–Crippen LogP) is 3.75. The molecule has 15 heavy (non-hydrogen) atoms. The summed E-state index contributed by atoms with van der Waals surface area (Å²) in [5.74, 6) is 0.363. The molecule has 2 rings (SSSR count). The SMILES string of the molecule is O=C(CC1=CCCCC1)Cc1ccsc1. The minimum absolute atomic E-state index is 0.363. The van der Waals surface area contributed by atoms with Crippen LogP contribution in [0.25, 0.3) is 0 Å². The molecule has 80 valence electrons. The monoisotopic (exact) mass is 220 g/mol. The van der Waals surface area contributed by atoms with Crippen molar-refractivity contribution in [3.63, 3.8) is 0 Å². The van der Waals surface area contributed by atoms with Crippen LogP contribution in [0.5, 0.6) is 0 Å². The number of hydrogen-bond donors (Lipinski definition) is 0. The van der Waals surface area contributed by atoms with Crippen LogP contribution in [-0.4, -0.2) is 5.78 Å². The number of thiophene rings is 1. The lowest BCUT2D eigenvalue weighted by molar-refractivity contribution is -0.117. The van der Waals surface area contributed by atoms with Gasteiger partial charge in [-0.3, -0.25) is 4.79 Å². The fourth-order valence-electron chi connectivity index (χ4n) is 2.00. The maximum absolute atomic E-state index is 11.7. The highest BCUT2D eigenvalue weighted by molar-refractivity contribution is 7.07. The van der Waals surface area contributed by atoms with Crippen molar-refractivity contribution in [2.24, 2.45) is 0 Å². The van der Waals surface area contributed by atoms with E-state index in [1.54, 1.807) is 11.3 Å². The largest absolute Gasteiger partial charge is 0.299 e. The van der Waals surface area contributed by atoms with Gasteiger partial charge in [0.2, 0.25) is 0 Å². The Labute approximate surface area is 94.8 Å². The van der Waals surface area contributed by atoms with E-state index in [0.717, 1.165) is 6.42 Å². The zero-order valence-electron chi connectivity index (χ0n) is 8.87. The van der Waals surface area contributed by atoms with Crippen LogP contribution >= 0.6 is 11.3 Å². The lowest BCUT2D eigenvalue weighted by Crippen LogP contribution is -2.05. The van der Waals surface area contributed by atoms with E-state index in [-0.39, 0.29) is 0 Å². The van der Waals surface area contributed by atoms with Gasteiger partial charge in [0.15, 0.2) is 0 Å². The first kappa shape index (κ1) is 10.6. The highest BCUT2D eigenvalue weighted by Crippen LogP contribution is 2.21. The van der Waals surface area contributed by atoms with Gasteiger partial charge < -0.3 is 0 Å². The van der Waals surface area contributed by atoms with Gasteiger partial charge in [0.25, 0.3) is 0 Å². The molecule has 0 bridgehead atoms. The third-order valence-electron chi connectivity index (χ3n) is 2.79. The number of ketones is 1. The van der Waals surface area contributed by atoms with Crippen molar-refractivity contribution >= 4 is 17.1 Å². The van der Waals surface area contributed by atoms with Crippen LogP contribution in [0.3, 0.4) is 0 Å². The van der Waals surface area contributed by atoms with E-state index in [1.165, 1.54) is 30.4 Å². The highest BCUT2D eigenvalue weighted by atomic mass is 32.1. The molecule has 1 nitrogen and oxygen atoms in total. The van der Waals surface area contributed by atoms with E-state index < -0.39 is 0 Å². The second-order valence-corrected chi connectivity index (χ2v) is 4.91. The van der Waals surface area contributed by atoms with E-state index >= 15 is 0 Å². The number of carbonyl (C=O) groups excluding carboxylic acids is 1. The predicted molar refractivity (Wildman–Crippen MR) is 64.2 cm³/mol. The molecule has 1 heterocycles. The quantitative estimate of drug-likeness (QED) is 0.706. The average molecular weight is 220 g/mol. The van der Waals surface area contributed by atoms with E-state index in [0.29, 0.717) is 18.6 Å². The summed E-state index contributed by atoms with van der Waals surface area (Å²) in [6, 6.07) is 2.04. The molecule has 0 amide bonds. The first-order chi connectivity index (χ1) is 7.34. The van der Waals surface area contributed by atoms with E-state index in [9.17, 15) is 4.79 Å². The van der Waals surface area contributed by atoms with Crippen LogP contribution in [0.4, 0.5) is 0 Å². The molecular weight excluding hydrogens is 204 g/mol. The van der Waals surface area contributed by atoms with E-state index in [4.69, 9.17) is 0 Å². The molecule has 1 aromatic rings. The topological polar surface area (TPSA) is 17.1 Å². The Balaban J connectivity index is 1.84. The third kappa shape index (κ3) is 3.31. The lowest BCUT2D eigenvalue weighted by Gasteiger charge is -2.11. The van der Waals surface area contributed by atoms with Crippen LogP contribution in [0, 0.1) is 0 Å². The van der Waals surface area contributed by atoms with Crippen molar-refractivity contribution in [2.45, 2.75) is 38.5 Å². The zero-order chi connectivity index (χ0) is 10.5. The maximum atomic E-state index is 11.7. The van der Waals surface area contributed by atoms with Gasteiger partial charge in [-0.2, -0.15) is 11.3 Å². The third-order valence-corrected chi connectivity index (χ3v) is 3.52. The maximum Gasteiger partial charge on any atom is 0.141 e. The van der Waals surface area contributed by atoms with Gasteiger partial charge in [-0.15, -0.1) is 0 Å². The number of allylic oxidation sites excluding steroid dienone is 2. The molecule has 1 aliphatic carbocycles. The second-order valence-electron chi connectivity index (χ2n) is 4.13. The summed E-state index contributed by atoms with van der Waals surface area (Å²) in [7, 11) is 0. The van der Waals surface area contributed by atoms with Crippen LogP contribution in [0.1, 0.15) is 37.7 Å². The van der Waals surface area contributed by atoms with Gasteiger partial charge in [0.1, 0.15) is 5.78 Å². The van der Waals surface area contributed by atoms with Gasteiger partial charge in [0, 0.05) is 12.8 Å². The molecule has 0 saturated carbocycles. The molecule has 1 aromatic heterocycles. The molecule has 0 atom stereocenters. The van der Waals surface area contributed by atoms with Gasteiger partial charge in [0.05, 0.1) is 0 Å². The molecule has 0 spiro atoms. The second kappa shape index (κ2) is 5.26. The molecule has 0 aliphatic heterocycles. The van der Waals surface area contributed by atoms with E-state index in [1.807, 2.05) is 11.4 Å². The Morgan fingerprint density at radius 3 is 2.93 bits per heavy atom. The molecule has 1 aliphatic rings. The summed E-state index contributed by atoms with van der Waals surface area (Å²) >= 11 is 1.66. The first-order valence-corrected chi connectivity index (χ1v) is 6.49. The molecule has 0 radical (unpaired) electrons. The summed E-state index contributed by atoms with van der Waals surface area (Å²) in [6.07, 6.45) is 8.40. The van der Waals surface area contributed by atoms with E-state index in [2.05, 4.69) is 11.5 Å². The Hall–Kier alpha value is -0.890. The molecule has 0 aromatic carbocycles. The Kier molecular flexibility index (Phi) is 3.73. The molecule has 0 N–H and O–H groups in total. The van der Waals surface area contributed by atoms with Crippen molar-refractivity contribution in [1.29, 1.82) is 0 Å². The van der Waals surface area contributed by atoms with Crippen molar-refractivity contribution in [2.75, 3.05) is 0 Å². The van der Waals surface area contributed by atoms with Gasteiger partial charge in [-0.05, 0) is 48.1 Å². The Bertz CT molecular complexity index is 349. The Morgan fingerprint density at radius 2 is 2.27 bits per heavy atom.